The maximum Gasteiger partial charge on any atom is 0.177 e. The minimum atomic E-state index is -0.656. The van der Waals surface area contributed by atoms with Crippen molar-refractivity contribution in [2.75, 3.05) is 0 Å². The molecule has 1 aromatic rings. The molecule has 0 aliphatic carbocycles. The Labute approximate surface area is 95.4 Å². The van der Waals surface area contributed by atoms with Gasteiger partial charge < -0.3 is 0 Å². The lowest BCUT2D eigenvalue weighted by Gasteiger charge is -2.07. The van der Waals surface area contributed by atoms with E-state index in [1.165, 1.54) is 0 Å². The van der Waals surface area contributed by atoms with Crippen molar-refractivity contribution >= 4 is 33.3 Å². The molecule has 14 heavy (non-hydrogen) atoms. The monoisotopic (exact) mass is 278 g/mol. The molecule has 0 saturated carbocycles. The fourth-order valence-corrected chi connectivity index (χ4v) is 1.60. The molecule has 0 fully saturated rings. The first-order valence-electron chi connectivity index (χ1n) is 4.09. The minimum Gasteiger partial charge on any atom is -0.293 e. The Balaban J connectivity index is 3.16. The molecule has 76 valence electrons. The van der Waals surface area contributed by atoms with E-state index in [2.05, 4.69) is 15.9 Å². The summed E-state index contributed by atoms with van der Waals surface area (Å²) in [6, 6.07) is 4.79. The quantitative estimate of drug-likeness (QED) is 0.608. The Kier molecular flexibility index (Phi) is 4.08. The van der Waals surface area contributed by atoms with E-state index in [-0.39, 0.29) is 15.6 Å². The van der Waals surface area contributed by atoms with Crippen molar-refractivity contribution in [3.63, 3.8) is 0 Å². The average Bonchev–Trinajstić information content (AvgIpc) is 2.17. The molecular formula is C10H9BrClFO. The van der Waals surface area contributed by atoms with E-state index in [0.717, 1.165) is 0 Å². The third-order valence-electron chi connectivity index (χ3n) is 1.85. The summed E-state index contributed by atoms with van der Waals surface area (Å²) in [6.45, 7) is 1.05. The molecule has 1 nitrogen and oxygen atoms in total. The van der Waals surface area contributed by atoms with Gasteiger partial charge in [-0.1, -0.05) is 39.7 Å². The number of rotatable bonds is 3. The summed E-state index contributed by atoms with van der Waals surface area (Å²) in [5.74, 6) is -0.134. The van der Waals surface area contributed by atoms with Crippen molar-refractivity contribution in [2.45, 2.75) is 18.4 Å². The fourth-order valence-electron chi connectivity index (χ4n) is 1.09. The second-order valence-electron chi connectivity index (χ2n) is 2.89. The number of hydrogen-bond acceptors (Lipinski definition) is 1. The number of hydrogen-bond donors (Lipinski definition) is 0. The van der Waals surface area contributed by atoms with Crippen LogP contribution in [0.25, 0.3) is 0 Å². The lowest BCUT2D eigenvalue weighted by Crippen LogP contribution is -2.11. The van der Waals surface area contributed by atoms with Crippen LogP contribution in [0.5, 0.6) is 0 Å². The van der Waals surface area contributed by atoms with Crippen LogP contribution >= 0.6 is 27.5 Å². The zero-order valence-corrected chi connectivity index (χ0v) is 9.90. The van der Waals surface area contributed by atoms with E-state index in [1.807, 2.05) is 0 Å². The Hall–Kier alpha value is -0.410. The van der Waals surface area contributed by atoms with Crippen molar-refractivity contribution in [2.24, 2.45) is 0 Å². The molecule has 4 heteroatoms. The van der Waals surface area contributed by atoms with Gasteiger partial charge in [0.2, 0.25) is 0 Å². The van der Waals surface area contributed by atoms with Gasteiger partial charge in [0.1, 0.15) is 6.67 Å². The summed E-state index contributed by atoms with van der Waals surface area (Å²) in [7, 11) is 0. The third-order valence-corrected chi connectivity index (χ3v) is 2.71. The number of benzene rings is 1. The van der Waals surface area contributed by atoms with E-state index in [4.69, 9.17) is 11.6 Å². The number of carbonyl (C=O) groups is 1. The van der Waals surface area contributed by atoms with E-state index >= 15 is 0 Å². The van der Waals surface area contributed by atoms with Gasteiger partial charge in [-0.2, -0.15) is 0 Å². The SMILES string of the molecule is CC(Br)C(=O)c1cccc(CF)c1Cl. The molecule has 0 aromatic heterocycles. The Bertz CT molecular complexity index is 352. The van der Waals surface area contributed by atoms with E-state index in [0.29, 0.717) is 11.1 Å². The van der Waals surface area contributed by atoms with Crippen LogP contribution in [0, 0.1) is 0 Å². The van der Waals surface area contributed by atoms with Crippen LogP contribution in [0.3, 0.4) is 0 Å². The smallest absolute Gasteiger partial charge is 0.177 e. The standard InChI is InChI=1S/C10H9BrClFO/c1-6(11)10(14)8-4-2-3-7(5-13)9(8)12/h2-4,6H,5H2,1H3. The van der Waals surface area contributed by atoms with Crippen molar-refractivity contribution in [3.05, 3.63) is 34.3 Å². The topological polar surface area (TPSA) is 17.1 Å². The number of ketones is 1. The summed E-state index contributed by atoms with van der Waals surface area (Å²) < 4.78 is 12.4. The fraction of sp³-hybridized carbons (Fsp3) is 0.300. The lowest BCUT2D eigenvalue weighted by atomic mass is 10.1. The van der Waals surface area contributed by atoms with Gasteiger partial charge in [-0.3, -0.25) is 4.79 Å². The maximum atomic E-state index is 12.4. The molecular weight excluding hydrogens is 270 g/mol. The summed E-state index contributed by atoms with van der Waals surface area (Å²) in [6.07, 6.45) is 0. The summed E-state index contributed by atoms with van der Waals surface area (Å²) in [5, 5.41) is 0.214. The van der Waals surface area contributed by atoms with Gasteiger partial charge >= 0.3 is 0 Å². The average molecular weight is 280 g/mol. The minimum absolute atomic E-state index is 0.134. The molecule has 0 aliphatic heterocycles. The molecule has 0 spiro atoms. The van der Waals surface area contributed by atoms with Crippen LogP contribution in [0.15, 0.2) is 18.2 Å². The number of carbonyl (C=O) groups excluding carboxylic acids is 1. The molecule has 0 radical (unpaired) electrons. The second kappa shape index (κ2) is 4.89. The van der Waals surface area contributed by atoms with E-state index in [9.17, 15) is 9.18 Å². The first kappa shape index (κ1) is 11.7. The molecule has 0 heterocycles. The lowest BCUT2D eigenvalue weighted by molar-refractivity contribution is 0.0996. The maximum absolute atomic E-state index is 12.4. The van der Waals surface area contributed by atoms with Crippen LogP contribution in [0.4, 0.5) is 4.39 Å². The van der Waals surface area contributed by atoms with Crippen molar-refractivity contribution in [3.8, 4) is 0 Å². The van der Waals surface area contributed by atoms with Crippen LogP contribution in [-0.2, 0) is 6.67 Å². The van der Waals surface area contributed by atoms with Crippen LogP contribution in [-0.4, -0.2) is 10.6 Å². The van der Waals surface area contributed by atoms with Gasteiger partial charge in [-0.15, -0.1) is 0 Å². The summed E-state index contributed by atoms with van der Waals surface area (Å²) in [5.41, 5.74) is 0.719. The van der Waals surface area contributed by atoms with Crippen molar-refractivity contribution in [1.29, 1.82) is 0 Å². The molecule has 0 N–H and O–H groups in total. The van der Waals surface area contributed by atoms with Crippen molar-refractivity contribution < 1.29 is 9.18 Å². The molecule has 1 rings (SSSR count). The highest BCUT2D eigenvalue weighted by Gasteiger charge is 2.16. The predicted molar refractivity (Wildman–Crippen MR) is 59.0 cm³/mol. The first-order chi connectivity index (χ1) is 6.57. The zero-order chi connectivity index (χ0) is 10.7. The van der Waals surface area contributed by atoms with Gasteiger partial charge in [0.25, 0.3) is 0 Å². The number of halogens is 3. The Morgan fingerprint density at radius 2 is 2.29 bits per heavy atom. The molecule has 0 aliphatic rings. The Morgan fingerprint density at radius 1 is 1.64 bits per heavy atom. The highest BCUT2D eigenvalue weighted by atomic mass is 79.9. The second-order valence-corrected chi connectivity index (χ2v) is 4.64. The van der Waals surface area contributed by atoms with Gasteiger partial charge in [0.05, 0.1) is 9.85 Å². The van der Waals surface area contributed by atoms with Gasteiger partial charge in [-0.25, -0.2) is 4.39 Å². The normalized spacial score (nSPS) is 12.6. The number of Topliss-reactive ketones (excluding diaryl/α,β-unsaturated/α-hetero) is 1. The van der Waals surface area contributed by atoms with Gasteiger partial charge in [0, 0.05) is 11.1 Å². The summed E-state index contributed by atoms with van der Waals surface area (Å²) >= 11 is 9.02. The summed E-state index contributed by atoms with van der Waals surface area (Å²) in [4.78, 5) is 11.3. The molecule has 0 amide bonds. The van der Waals surface area contributed by atoms with Crippen molar-refractivity contribution in [1.82, 2.24) is 0 Å². The highest BCUT2D eigenvalue weighted by molar-refractivity contribution is 9.10. The van der Waals surface area contributed by atoms with E-state index < -0.39 is 6.67 Å². The largest absolute Gasteiger partial charge is 0.293 e. The molecule has 1 unspecified atom stereocenters. The third kappa shape index (κ3) is 2.34. The zero-order valence-electron chi connectivity index (χ0n) is 7.56. The first-order valence-corrected chi connectivity index (χ1v) is 5.39. The molecule has 0 bridgehead atoms. The Morgan fingerprint density at radius 3 is 2.79 bits per heavy atom. The van der Waals surface area contributed by atoms with Crippen LogP contribution < -0.4 is 0 Å². The van der Waals surface area contributed by atoms with Gasteiger partial charge in [0.15, 0.2) is 5.78 Å². The highest BCUT2D eigenvalue weighted by Crippen LogP contribution is 2.24. The molecule has 1 aromatic carbocycles. The van der Waals surface area contributed by atoms with Crippen LogP contribution in [0.1, 0.15) is 22.8 Å². The predicted octanol–water partition coefficient (Wildman–Crippen LogP) is 3.78. The van der Waals surface area contributed by atoms with Crippen LogP contribution in [0.2, 0.25) is 5.02 Å². The van der Waals surface area contributed by atoms with E-state index in [1.54, 1.807) is 25.1 Å². The number of alkyl halides is 2. The molecule has 0 saturated heterocycles. The molecule has 1 atom stereocenters. The van der Waals surface area contributed by atoms with Gasteiger partial charge in [-0.05, 0) is 13.0 Å².